The summed E-state index contributed by atoms with van der Waals surface area (Å²) in [6.45, 7) is 16.9. The second-order valence-electron chi connectivity index (χ2n) is 7.88. The average Bonchev–Trinajstić information content (AvgIpc) is 2.97. The first kappa shape index (κ1) is 19.7. The maximum Gasteiger partial charge on any atom is 0.243 e. The molecule has 0 radical (unpaired) electrons. The lowest BCUT2D eigenvalue weighted by atomic mass is 10.1. The second-order valence-corrected chi connectivity index (χ2v) is 9.82. The molecule has 1 aromatic carbocycles. The van der Waals surface area contributed by atoms with Crippen molar-refractivity contribution >= 4 is 10.0 Å². The van der Waals surface area contributed by atoms with Crippen molar-refractivity contribution in [2.75, 3.05) is 13.1 Å². The molecule has 1 aliphatic carbocycles. The van der Waals surface area contributed by atoms with Gasteiger partial charge in [-0.25, -0.2) is 8.42 Å². The zero-order valence-electron chi connectivity index (χ0n) is 16.2. The zero-order valence-corrected chi connectivity index (χ0v) is 17.0. The van der Waals surface area contributed by atoms with E-state index < -0.39 is 10.0 Å². The molecule has 0 saturated heterocycles. The zero-order chi connectivity index (χ0) is 19.0. The average molecular weight is 360 g/mol. The minimum absolute atomic E-state index is 0.00656. The summed E-state index contributed by atoms with van der Waals surface area (Å²) in [5.41, 5.74) is 7.61. The summed E-state index contributed by atoms with van der Waals surface area (Å²) in [5, 5.41) is 0. The van der Waals surface area contributed by atoms with Crippen LogP contribution in [0, 0.1) is 18.3 Å². The van der Waals surface area contributed by atoms with Gasteiger partial charge in [0.25, 0.3) is 0 Å². The van der Waals surface area contributed by atoms with E-state index in [-0.39, 0.29) is 11.3 Å². The summed E-state index contributed by atoms with van der Waals surface area (Å²) in [4.78, 5) is 0.338. The lowest BCUT2D eigenvalue weighted by Gasteiger charge is -2.23. The van der Waals surface area contributed by atoms with Gasteiger partial charge in [0.1, 0.15) is 0 Å². The molecule has 0 heterocycles. The van der Waals surface area contributed by atoms with Crippen molar-refractivity contribution in [3.63, 3.8) is 0 Å². The van der Waals surface area contributed by atoms with Crippen molar-refractivity contribution < 1.29 is 8.42 Å². The molecule has 0 bridgehead atoms. The minimum Gasteiger partial charge on any atom is -0.207 e. The van der Waals surface area contributed by atoms with Crippen LogP contribution in [-0.4, -0.2) is 25.8 Å². The van der Waals surface area contributed by atoms with Crippen molar-refractivity contribution in [1.29, 1.82) is 0 Å². The van der Waals surface area contributed by atoms with Crippen LogP contribution in [0.2, 0.25) is 0 Å². The Hall–Kier alpha value is -1.61. The molecular weight excluding hydrogens is 330 g/mol. The Morgan fingerprint density at radius 2 is 1.76 bits per heavy atom. The maximum atomic E-state index is 13.1. The summed E-state index contributed by atoms with van der Waals surface area (Å²) in [6, 6.07) is 7.03. The van der Waals surface area contributed by atoms with Gasteiger partial charge in [0, 0.05) is 24.4 Å². The van der Waals surface area contributed by atoms with Gasteiger partial charge in [-0.3, -0.25) is 0 Å². The lowest BCUT2D eigenvalue weighted by Crippen LogP contribution is -2.35. The minimum atomic E-state index is -3.55. The number of rotatable bonds is 6. The molecule has 2 rings (SSSR count). The van der Waals surface area contributed by atoms with Gasteiger partial charge in [-0.2, -0.15) is 4.31 Å². The van der Waals surface area contributed by atoms with Crippen molar-refractivity contribution in [3.05, 3.63) is 58.9 Å². The number of hydrogen-bond donors (Lipinski definition) is 0. The Labute approximate surface area is 152 Å². The molecular formula is C21H29NO2S. The molecule has 4 heteroatoms. The highest BCUT2D eigenvalue weighted by Gasteiger charge is 2.53. The van der Waals surface area contributed by atoms with Crippen LogP contribution in [0.15, 0.2) is 58.2 Å². The molecule has 3 nitrogen and oxygen atoms in total. The predicted molar refractivity (Wildman–Crippen MR) is 104 cm³/mol. The lowest BCUT2D eigenvalue weighted by molar-refractivity contribution is 0.392. The fourth-order valence-corrected chi connectivity index (χ4v) is 4.60. The third kappa shape index (κ3) is 4.33. The van der Waals surface area contributed by atoms with Gasteiger partial charge < -0.3 is 0 Å². The quantitative estimate of drug-likeness (QED) is 0.545. The summed E-state index contributed by atoms with van der Waals surface area (Å²) < 4.78 is 27.8. The molecule has 1 fully saturated rings. The molecule has 1 atom stereocenters. The highest BCUT2D eigenvalue weighted by Crippen LogP contribution is 2.57. The van der Waals surface area contributed by atoms with E-state index in [9.17, 15) is 8.42 Å². The molecule has 1 aliphatic rings. The summed E-state index contributed by atoms with van der Waals surface area (Å²) >= 11 is 0. The summed E-state index contributed by atoms with van der Waals surface area (Å²) in [5.74, 6) is 0.196. The van der Waals surface area contributed by atoms with E-state index in [1.54, 1.807) is 16.4 Å². The highest BCUT2D eigenvalue weighted by molar-refractivity contribution is 7.89. The smallest absolute Gasteiger partial charge is 0.207 e. The number of sulfonamides is 1. The van der Waals surface area contributed by atoms with Crippen LogP contribution in [0.1, 0.15) is 40.2 Å². The number of aryl methyl sites for hydroxylation is 1. The third-order valence-corrected chi connectivity index (χ3v) is 6.53. The topological polar surface area (TPSA) is 37.4 Å². The van der Waals surface area contributed by atoms with Gasteiger partial charge in [-0.1, -0.05) is 43.7 Å². The van der Waals surface area contributed by atoms with E-state index >= 15 is 0 Å². The van der Waals surface area contributed by atoms with E-state index in [1.807, 2.05) is 39.8 Å². The predicted octanol–water partition coefficient (Wildman–Crippen LogP) is 4.71. The van der Waals surface area contributed by atoms with Gasteiger partial charge in [-0.15, -0.1) is 5.73 Å². The maximum absolute atomic E-state index is 13.1. The molecule has 1 aromatic rings. The number of hydrogen-bond acceptors (Lipinski definition) is 2. The van der Waals surface area contributed by atoms with Gasteiger partial charge in [0.2, 0.25) is 10.0 Å². The molecule has 1 saturated carbocycles. The fraction of sp³-hybridized carbons (Fsp3) is 0.476. The normalized spacial score (nSPS) is 18.8. The Balaban J connectivity index is 2.36. The van der Waals surface area contributed by atoms with Gasteiger partial charge in [0.15, 0.2) is 0 Å². The Bertz CT molecular complexity index is 834. The first-order valence-corrected chi connectivity index (χ1v) is 10.1. The van der Waals surface area contributed by atoms with Crippen molar-refractivity contribution in [2.45, 2.75) is 46.4 Å². The second kappa shape index (κ2) is 6.95. The summed E-state index contributed by atoms with van der Waals surface area (Å²) in [7, 11) is -3.55. The largest absolute Gasteiger partial charge is 0.243 e. The fourth-order valence-electron chi connectivity index (χ4n) is 3.09. The molecule has 0 N–H and O–H groups in total. The highest BCUT2D eigenvalue weighted by atomic mass is 32.2. The van der Waals surface area contributed by atoms with Crippen molar-refractivity contribution in [3.8, 4) is 0 Å². The molecule has 1 unspecified atom stereocenters. The van der Waals surface area contributed by atoms with Crippen LogP contribution in [0.5, 0.6) is 0 Å². The van der Waals surface area contributed by atoms with Gasteiger partial charge in [0.05, 0.1) is 4.90 Å². The molecule has 0 aliphatic heterocycles. The Morgan fingerprint density at radius 1 is 1.20 bits per heavy atom. The van der Waals surface area contributed by atoms with Crippen molar-refractivity contribution in [1.82, 2.24) is 4.31 Å². The van der Waals surface area contributed by atoms with Gasteiger partial charge in [-0.05, 0) is 51.0 Å². The van der Waals surface area contributed by atoms with E-state index in [4.69, 9.17) is 0 Å². The standard InChI is InChI=1S/C21H29NO2S/c1-15(2)12-19-20(21(19,6)7)14-22(13-16(3)4)25(23,24)18-10-8-17(5)9-11-18/h8-11,20H,3,13-14H2,1-2,4-7H3. The van der Waals surface area contributed by atoms with Crippen LogP contribution in [-0.2, 0) is 10.0 Å². The van der Waals surface area contributed by atoms with Crippen LogP contribution in [0.3, 0.4) is 0 Å². The van der Waals surface area contributed by atoms with Crippen LogP contribution >= 0.6 is 0 Å². The Morgan fingerprint density at radius 3 is 2.24 bits per heavy atom. The van der Waals surface area contributed by atoms with Crippen molar-refractivity contribution in [2.24, 2.45) is 11.3 Å². The van der Waals surface area contributed by atoms with E-state index in [0.717, 1.165) is 16.7 Å². The van der Waals surface area contributed by atoms with Crippen LogP contribution in [0.25, 0.3) is 0 Å². The first-order chi connectivity index (χ1) is 11.5. The molecule has 136 valence electrons. The summed E-state index contributed by atoms with van der Waals surface area (Å²) in [6.07, 6.45) is 0. The van der Waals surface area contributed by atoms with E-state index in [2.05, 4.69) is 26.2 Å². The number of benzene rings is 1. The molecule has 0 aromatic heterocycles. The van der Waals surface area contributed by atoms with Crippen LogP contribution in [0.4, 0.5) is 0 Å². The number of nitrogens with zero attached hydrogens (tertiary/aromatic N) is 1. The Kier molecular flexibility index (Phi) is 5.48. The molecule has 0 spiro atoms. The van der Waals surface area contributed by atoms with E-state index in [1.165, 1.54) is 5.57 Å². The first-order valence-electron chi connectivity index (χ1n) is 8.62. The monoisotopic (exact) mass is 359 g/mol. The van der Waals surface area contributed by atoms with Gasteiger partial charge >= 0.3 is 0 Å². The molecule has 0 amide bonds. The third-order valence-electron chi connectivity index (χ3n) is 4.71. The van der Waals surface area contributed by atoms with E-state index in [0.29, 0.717) is 18.0 Å². The SMILES string of the molecule is C=C(C)CN(CC1C(=C=C(C)C)C1(C)C)S(=O)(=O)c1ccc(C)cc1. The van der Waals surface area contributed by atoms with Crippen LogP contribution < -0.4 is 0 Å². The molecule has 25 heavy (non-hydrogen) atoms.